The highest BCUT2D eigenvalue weighted by atomic mass is 16.3. The molecule has 0 radical (unpaired) electrons. The van der Waals surface area contributed by atoms with Crippen molar-refractivity contribution in [1.82, 2.24) is 20.1 Å². The third kappa shape index (κ3) is 4.63. The van der Waals surface area contributed by atoms with Crippen molar-refractivity contribution in [1.29, 1.82) is 0 Å². The first-order valence-electron chi connectivity index (χ1n) is 7.92. The van der Waals surface area contributed by atoms with Crippen LogP contribution in [-0.2, 0) is 24.1 Å². The van der Waals surface area contributed by atoms with Crippen molar-refractivity contribution in [3.05, 3.63) is 47.5 Å². The van der Waals surface area contributed by atoms with Gasteiger partial charge in [-0.15, -0.1) is 10.2 Å². The minimum absolute atomic E-state index is 0.250. The standard InChI is InChI=1S/C16H22N4.CH2O2/c1-12(2)20-11-18-19-16(20)7-8-17-15-9-13-5-3-4-6-14(13)10-15;2-1-3/h3-6,11-12,15,17H,7-10H2,1-2H3;1H,(H,2,3). The Kier molecular flexibility index (Phi) is 6.29. The third-order valence-corrected chi connectivity index (χ3v) is 4.04. The van der Waals surface area contributed by atoms with Gasteiger partial charge in [-0.2, -0.15) is 0 Å². The van der Waals surface area contributed by atoms with Crippen LogP contribution in [0.2, 0.25) is 0 Å². The molecule has 0 fully saturated rings. The second-order valence-corrected chi connectivity index (χ2v) is 5.93. The fraction of sp³-hybridized carbons (Fsp3) is 0.471. The molecule has 0 saturated carbocycles. The highest BCUT2D eigenvalue weighted by Crippen LogP contribution is 2.21. The van der Waals surface area contributed by atoms with E-state index in [0.29, 0.717) is 12.1 Å². The van der Waals surface area contributed by atoms with Gasteiger partial charge in [0.15, 0.2) is 0 Å². The van der Waals surface area contributed by atoms with Crippen LogP contribution >= 0.6 is 0 Å². The average Bonchev–Trinajstić information content (AvgIpc) is 3.14. The number of aromatic nitrogens is 3. The fourth-order valence-corrected chi connectivity index (χ4v) is 2.97. The predicted octanol–water partition coefficient (Wildman–Crippen LogP) is 1.86. The molecule has 1 heterocycles. The number of hydrogen-bond donors (Lipinski definition) is 2. The SMILES string of the molecule is CC(C)n1cnnc1CCNC1Cc2ccccc2C1.O=CO. The lowest BCUT2D eigenvalue weighted by molar-refractivity contribution is -0.122. The Bertz CT molecular complexity index is 600. The number of carboxylic acid groups (broad SMARTS) is 1. The summed E-state index contributed by atoms with van der Waals surface area (Å²) in [7, 11) is 0. The first kappa shape index (κ1) is 17.1. The Balaban J connectivity index is 0.000000595. The largest absolute Gasteiger partial charge is 0.483 e. The Hall–Kier alpha value is -2.21. The molecule has 0 saturated heterocycles. The molecule has 6 nitrogen and oxygen atoms in total. The van der Waals surface area contributed by atoms with Gasteiger partial charge in [0.1, 0.15) is 12.2 Å². The molecule has 0 aliphatic heterocycles. The Morgan fingerprint density at radius 1 is 1.35 bits per heavy atom. The van der Waals surface area contributed by atoms with Crippen LogP contribution < -0.4 is 5.32 Å². The van der Waals surface area contributed by atoms with E-state index in [-0.39, 0.29) is 6.47 Å². The molecular formula is C17H24N4O2. The van der Waals surface area contributed by atoms with Gasteiger partial charge in [0.05, 0.1) is 0 Å². The Morgan fingerprint density at radius 3 is 2.52 bits per heavy atom. The summed E-state index contributed by atoms with van der Waals surface area (Å²) in [5, 5.41) is 18.8. The molecule has 23 heavy (non-hydrogen) atoms. The van der Waals surface area contributed by atoms with Crippen LogP contribution in [0.1, 0.15) is 36.8 Å². The zero-order valence-electron chi connectivity index (χ0n) is 13.6. The van der Waals surface area contributed by atoms with E-state index in [1.54, 1.807) is 0 Å². The Morgan fingerprint density at radius 2 is 1.96 bits per heavy atom. The lowest BCUT2D eigenvalue weighted by atomic mass is 10.1. The van der Waals surface area contributed by atoms with E-state index in [1.807, 2.05) is 6.33 Å². The molecule has 1 aromatic carbocycles. The maximum Gasteiger partial charge on any atom is 0.290 e. The van der Waals surface area contributed by atoms with Crippen molar-refractivity contribution in [3.63, 3.8) is 0 Å². The Labute approximate surface area is 136 Å². The summed E-state index contributed by atoms with van der Waals surface area (Å²) in [4.78, 5) is 8.36. The maximum absolute atomic E-state index is 8.36. The van der Waals surface area contributed by atoms with Crippen molar-refractivity contribution in [2.45, 2.75) is 45.2 Å². The summed E-state index contributed by atoms with van der Waals surface area (Å²) < 4.78 is 2.14. The van der Waals surface area contributed by atoms with Crippen LogP contribution in [0.25, 0.3) is 0 Å². The second kappa shape index (κ2) is 8.43. The van der Waals surface area contributed by atoms with Crippen molar-refractivity contribution in [3.8, 4) is 0 Å². The quantitative estimate of drug-likeness (QED) is 0.823. The van der Waals surface area contributed by atoms with Gasteiger partial charge >= 0.3 is 0 Å². The van der Waals surface area contributed by atoms with E-state index in [0.717, 1.165) is 31.6 Å². The summed E-state index contributed by atoms with van der Waals surface area (Å²) in [5.41, 5.74) is 2.99. The molecule has 1 aromatic heterocycles. The van der Waals surface area contributed by atoms with Gasteiger partial charge in [0.2, 0.25) is 0 Å². The van der Waals surface area contributed by atoms with E-state index in [4.69, 9.17) is 9.90 Å². The fourth-order valence-electron chi connectivity index (χ4n) is 2.97. The average molecular weight is 316 g/mol. The lowest BCUT2D eigenvalue weighted by Crippen LogP contribution is -2.31. The van der Waals surface area contributed by atoms with Crippen molar-refractivity contribution in [2.24, 2.45) is 0 Å². The number of benzene rings is 1. The van der Waals surface area contributed by atoms with Crippen LogP contribution in [0.4, 0.5) is 0 Å². The van der Waals surface area contributed by atoms with E-state index < -0.39 is 0 Å². The second-order valence-electron chi connectivity index (χ2n) is 5.93. The van der Waals surface area contributed by atoms with Gasteiger partial charge in [-0.3, -0.25) is 4.79 Å². The highest BCUT2D eigenvalue weighted by Gasteiger charge is 2.20. The normalized spacial score (nSPS) is 13.5. The summed E-state index contributed by atoms with van der Waals surface area (Å²) in [6.45, 7) is 5.03. The van der Waals surface area contributed by atoms with E-state index in [9.17, 15) is 0 Å². The monoisotopic (exact) mass is 316 g/mol. The van der Waals surface area contributed by atoms with E-state index >= 15 is 0 Å². The molecule has 2 aromatic rings. The molecule has 3 rings (SSSR count). The summed E-state index contributed by atoms with van der Waals surface area (Å²) in [6, 6.07) is 9.75. The topological polar surface area (TPSA) is 80.0 Å². The van der Waals surface area contributed by atoms with Crippen molar-refractivity contribution in [2.75, 3.05) is 6.54 Å². The summed E-state index contributed by atoms with van der Waals surface area (Å²) in [6.07, 6.45) is 5.05. The zero-order valence-corrected chi connectivity index (χ0v) is 13.6. The van der Waals surface area contributed by atoms with Crippen LogP contribution in [0.15, 0.2) is 30.6 Å². The van der Waals surface area contributed by atoms with Gasteiger partial charge in [0, 0.05) is 25.0 Å². The maximum atomic E-state index is 8.36. The van der Waals surface area contributed by atoms with Crippen LogP contribution in [-0.4, -0.2) is 38.9 Å². The number of carbonyl (C=O) groups is 1. The van der Waals surface area contributed by atoms with E-state index in [1.165, 1.54) is 11.1 Å². The van der Waals surface area contributed by atoms with Crippen LogP contribution in [0.3, 0.4) is 0 Å². The molecular weight excluding hydrogens is 292 g/mol. The molecule has 0 bridgehead atoms. The lowest BCUT2D eigenvalue weighted by Gasteiger charge is -2.13. The van der Waals surface area contributed by atoms with E-state index in [2.05, 4.69) is 58.2 Å². The van der Waals surface area contributed by atoms with Gasteiger partial charge in [-0.1, -0.05) is 24.3 Å². The molecule has 1 aliphatic rings. The number of fused-ring (bicyclic) bond motifs is 1. The van der Waals surface area contributed by atoms with Crippen LogP contribution in [0.5, 0.6) is 0 Å². The number of hydrogen-bond acceptors (Lipinski definition) is 4. The number of rotatable bonds is 5. The smallest absolute Gasteiger partial charge is 0.290 e. The molecule has 124 valence electrons. The van der Waals surface area contributed by atoms with Gasteiger partial charge in [-0.25, -0.2) is 0 Å². The number of nitrogens with one attached hydrogen (secondary N) is 1. The molecule has 0 atom stereocenters. The third-order valence-electron chi connectivity index (χ3n) is 4.04. The van der Waals surface area contributed by atoms with Crippen molar-refractivity contribution < 1.29 is 9.90 Å². The molecule has 0 spiro atoms. The summed E-state index contributed by atoms with van der Waals surface area (Å²) >= 11 is 0. The van der Waals surface area contributed by atoms with Gasteiger partial charge in [0.25, 0.3) is 6.47 Å². The van der Waals surface area contributed by atoms with Crippen LogP contribution in [0, 0.1) is 0 Å². The number of nitrogens with zero attached hydrogens (tertiary/aromatic N) is 3. The van der Waals surface area contributed by atoms with Gasteiger partial charge in [-0.05, 0) is 37.8 Å². The zero-order chi connectivity index (χ0) is 16.7. The molecule has 6 heteroatoms. The summed E-state index contributed by atoms with van der Waals surface area (Å²) in [5.74, 6) is 1.07. The first-order chi connectivity index (χ1) is 11.2. The first-order valence-corrected chi connectivity index (χ1v) is 7.92. The van der Waals surface area contributed by atoms with Crippen molar-refractivity contribution >= 4 is 6.47 Å². The van der Waals surface area contributed by atoms with Gasteiger partial charge < -0.3 is 15.0 Å². The minimum Gasteiger partial charge on any atom is -0.483 e. The minimum atomic E-state index is -0.250. The highest BCUT2D eigenvalue weighted by molar-refractivity contribution is 5.33. The molecule has 2 N–H and O–H groups in total. The molecule has 0 unspecified atom stereocenters. The molecule has 0 amide bonds. The predicted molar refractivity (Wildman–Crippen MR) is 88.4 cm³/mol. The molecule has 1 aliphatic carbocycles.